The van der Waals surface area contributed by atoms with Crippen molar-refractivity contribution < 1.29 is 19.1 Å². The number of anilines is 1. The van der Waals surface area contributed by atoms with Gasteiger partial charge in [0.2, 0.25) is 11.8 Å². The molecule has 2 aromatic carbocycles. The minimum absolute atomic E-state index is 0.00529. The van der Waals surface area contributed by atoms with Gasteiger partial charge in [-0.25, -0.2) is 0 Å². The lowest BCUT2D eigenvalue weighted by Crippen LogP contribution is -2.34. The van der Waals surface area contributed by atoms with Crippen molar-refractivity contribution in [1.29, 1.82) is 0 Å². The molecule has 0 radical (unpaired) electrons. The number of rotatable bonds is 8. The second kappa shape index (κ2) is 9.45. The number of carbonyl (C=O) groups excluding carboxylic acids is 2. The largest absolute Gasteiger partial charge is 0.493 e. The van der Waals surface area contributed by atoms with Crippen molar-refractivity contribution >= 4 is 17.5 Å². The molecule has 0 bridgehead atoms. The van der Waals surface area contributed by atoms with Crippen molar-refractivity contribution in [1.82, 2.24) is 5.32 Å². The Labute approximate surface area is 171 Å². The molecule has 1 unspecified atom stereocenters. The Kier molecular flexibility index (Phi) is 6.75. The lowest BCUT2D eigenvalue weighted by atomic mass is 10.1. The first-order chi connectivity index (χ1) is 14.0. The fourth-order valence-corrected chi connectivity index (χ4v) is 3.55. The molecule has 1 aliphatic heterocycles. The zero-order chi connectivity index (χ0) is 20.8. The highest BCUT2D eigenvalue weighted by molar-refractivity contribution is 6.00. The number of amides is 2. The van der Waals surface area contributed by atoms with Crippen molar-refractivity contribution in [2.24, 2.45) is 5.92 Å². The van der Waals surface area contributed by atoms with Crippen LogP contribution in [0.1, 0.15) is 24.5 Å². The predicted octanol–water partition coefficient (Wildman–Crippen LogP) is 2.98. The summed E-state index contributed by atoms with van der Waals surface area (Å²) in [6.07, 6.45) is 1.88. The predicted molar refractivity (Wildman–Crippen MR) is 113 cm³/mol. The average Bonchev–Trinajstić information content (AvgIpc) is 3.15. The summed E-state index contributed by atoms with van der Waals surface area (Å²) in [7, 11) is 3.20. The van der Waals surface area contributed by atoms with Gasteiger partial charge in [-0.2, -0.15) is 0 Å². The lowest BCUT2D eigenvalue weighted by Gasteiger charge is -2.17. The van der Waals surface area contributed by atoms with E-state index in [2.05, 4.69) is 12.2 Å². The van der Waals surface area contributed by atoms with Crippen LogP contribution >= 0.6 is 0 Å². The maximum atomic E-state index is 12.5. The highest BCUT2D eigenvalue weighted by atomic mass is 16.5. The number of hydrogen-bond donors (Lipinski definition) is 1. The first-order valence-corrected chi connectivity index (χ1v) is 9.93. The highest BCUT2D eigenvalue weighted by Crippen LogP contribution is 2.28. The molecular weight excluding hydrogens is 368 g/mol. The number of aryl methyl sites for hydroxylation is 1. The molecule has 6 heteroatoms. The summed E-state index contributed by atoms with van der Waals surface area (Å²) in [5.41, 5.74) is 3.13. The van der Waals surface area contributed by atoms with E-state index in [9.17, 15) is 9.59 Å². The van der Waals surface area contributed by atoms with Gasteiger partial charge in [0.25, 0.3) is 0 Å². The molecule has 2 aromatic rings. The number of nitrogens with zero attached hydrogens (tertiary/aromatic N) is 1. The Morgan fingerprint density at radius 3 is 2.41 bits per heavy atom. The summed E-state index contributed by atoms with van der Waals surface area (Å²) < 4.78 is 10.5. The zero-order valence-corrected chi connectivity index (χ0v) is 17.2. The Morgan fingerprint density at radius 1 is 1.07 bits per heavy atom. The van der Waals surface area contributed by atoms with E-state index in [0.717, 1.165) is 17.7 Å². The maximum absolute atomic E-state index is 12.5. The summed E-state index contributed by atoms with van der Waals surface area (Å²) in [5.74, 6) is 0.943. The van der Waals surface area contributed by atoms with Crippen LogP contribution < -0.4 is 19.7 Å². The smallest absolute Gasteiger partial charge is 0.227 e. The number of methoxy groups -OCH3 is 2. The van der Waals surface area contributed by atoms with E-state index < -0.39 is 0 Å². The van der Waals surface area contributed by atoms with Crippen LogP contribution in [0.5, 0.6) is 11.5 Å². The van der Waals surface area contributed by atoms with Crippen LogP contribution in [0.15, 0.2) is 42.5 Å². The molecule has 1 atom stereocenters. The number of ether oxygens (including phenoxy) is 2. The van der Waals surface area contributed by atoms with Gasteiger partial charge in [0, 0.05) is 25.2 Å². The Bertz CT molecular complexity index is 864. The summed E-state index contributed by atoms with van der Waals surface area (Å²) in [4.78, 5) is 26.6. The van der Waals surface area contributed by atoms with Gasteiger partial charge >= 0.3 is 0 Å². The molecule has 0 spiro atoms. The molecule has 6 nitrogen and oxygen atoms in total. The SMILES string of the molecule is CCc1ccc(N2CC(C(=O)NCCc3ccc(OC)c(OC)c3)CC2=O)cc1. The first-order valence-electron chi connectivity index (χ1n) is 9.93. The summed E-state index contributed by atoms with van der Waals surface area (Å²) in [5, 5.41) is 2.96. The number of carbonyl (C=O) groups is 2. The van der Waals surface area contributed by atoms with E-state index in [0.29, 0.717) is 31.0 Å². The van der Waals surface area contributed by atoms with Crippen LogP contribution in [0.4, 0.5) is 5.69 Å². The third-order valence-electron chi connectivity index (χ3n) is 5.31. The van der Waals surface area contributed by atoms with E-state index >= 15 is 0 Å². The molecule has 0 saturated carbocycles. The van der Waals surface area contributed by atoms with Crippen LogP contribution in [-0.4, -0.2) is 39.1 Å². The Hall–Kier alpha value is -3.02. The standard InChI is InChI=1S/C23H28N2O4/c1-4-16-5-8-19(9-6-16)25-15-18(14-22(25)26)23(27)24-12-11-17-7-10-20(28-2)21(13-17)29-3/h5-10,13,18H,4,11-12,14-15H2,1-3H3,(H,24,27). The number of hydrogen-bond acceptors (Lipinski definition) is 4. The molecule has 29 heavy (non-hydrogen) atoms. The fourth-order valence-electron chi connectivity index (χ4n) is 3.55. The van der Waals surface area contributed by atoms with Crippen LogP contribution in [0.3, 0.4) is 0 Å². The van der Waals surface area contributed by atoms with Crippen molar-refractivity contribution in [3.8, 4) is 11.5 Å². The normalized spacial score (nSPS) is 16.0. The Morgan fingerprint density at radius 2 is 1.76 bits per heavy atom. The third kappa shape index (κ3) is 4.88. The van der Waals surface area contributed by atoms with Crippen LogP contribution in [0, 0.1) is 5.92 Å². The van der Waals surface area contributed by atoms with Crippen molar-refractivity contribution in [3.63, 3.8) is 0 Å². The molecule has 0 aliphatic carbocycles. The van der Waals surface area contributed by atoms with E-state index in [4.69, 9.17) is 9.47 Å². The van der Waals surface area contributed by atoms with Gasteiger partial charge in [-0.1, -0.05) is 25.1 Å². The fraction of sp³-hybridized carbons (Fsp3) is 0.391. The van der Waals surface area contributed by atoms with Crippen LogP contribution in [0.25, 0.3) is 0 Å². The molecule has 3 rings (SSSR count). The summed E-state index contributed by atoms with van der Waals surface area (Å²) in [6.45, 7) is 3.02. The second-order valence-corrected chi connectivity index (χ2v) is 7.16. The highest BCUT2D eigenvalue weighted by Gasteiger charge is 2.34. The van der Waals surface area contributed by atoms with Crippen molar-refractivity contribution in [3.05, 3.63) is 53.6 Å². The molecule has 154 valence electrons. The van der Waals surface area contributed by atoms with Gasteiger partial charge in [0.15, 0.2) is 11.5 Å². The first kappa shape index (κ1) is 20.7. The van der Waals surface area contributed by atoms with E-state index in [-0.39, 0.29) is 24.2 Å². The van der Waals surface area contributed by atoms with Gasteiger partial charge in [-0.3, -0.25) is 9.59 Å². The average molecular weight is 396 g/mol. The number of nitrogens with one attached hydrogen (secondary N) is 1. The third-order valence-corrected chi connectivity index (χ3v) is 5.31. The van der Waals surface area contributed by atoms with Gasteiger partial charge in [-0.05, 0) is 48.2 Å². The molecule has 1 aliphatic rings. The van der Waals surface area contributed by atoms with Gasteiger partial charge in [0.05, 0.1) is 20.1 Å². The quantitative estimate of drug-likeness (QED) is 0.745. The van der Waals surface area contributed by atoms with Gasteiger partial charge in [-0.15, -0.1) is 0 Å². The molecule has 0 aromatic heterocycles. The molecule has 1 fully saturated rings. The minimum Gasteiger partial charge on any atom is -0.493 e. The molecule has 1 saturated heterocycles. The molecular formula is C23H28N2O4. The van der Waals surface area contributed by atoms with Crippen LogP contribution in [0.2, 0.25) is 0 Å². The van der Waals surface area contributed by atoms with E-state index in [1.54, 1.807) is 19.1 Å². The van der Waals surface area contributed by atoms with E-state index in [1.165, 1.54) is 5.56 Å². The molecule has 1 heterocycles. The molecule has 1 N–H and O–H groups in total. The zero-order valence-electron chi connectivity index (χ0n) is 17.2. The maximum Gasteiger partial charge on any atom is 0.227 e. The van der Waals surface area contributed by atoms with Crippen molar-refractivity contribution in [2.75, 3.05) is 32.2 Å². The van der Waals surface area contributed by atoms with Crippen LogP contribution in [-0.2, 0) is 22.4 Å². The topological polar surface area (TPSA) is 67.9 Å². The second-order valence-electron chi connectivity index (χ2n) is 7.16. The summed E-state index contributed by atoms with van der Waals surface area (Å²) in [6, 6.07) is 13.7. The molecule has 2 amide bonds. The minimum atomic E-state index is -0.321. The summed E-state index contributed by atoms with van der Waals surface area (Å²) >= 11 is 0. The van der Waals surface area contributed by atoms with Gasteiger partial charge in [0.1, 0.15) is 0 Å². The van der Waals surface area contributed by atoms with Crippen molar-refractivity contribution in [2.45, 2.75) is 26.2 Å². The van der Waals surface area contributed by atoms with E-state index in [1.807, 2.05) is 42.5 Å². The lowest BCUT2D eigenvalue weighted by molar-refractivity contribution is -0.126. The number of benzene rings is 2. The monoisotopic (exact) mass is 396 g/mol. The Balaban J connectivity index is 1.53. The van der Waals surface area contributed by atoms with Gasteiger partial charge < -0.3 is 19.7 Å².